The van der Waals surface area contributed by atoms with Crippen molar-refractivity contribution in [3.63, 3.8) is 0 Å². The van der Waals surface area contributed by atoms with E-state index in [4.69, 9.17) is 17.0 Å². The summed E-state index contributed by atoms with van der Waals surface area (Å²) in [5, 5.41) is 3.73. The molecular formula is C18H18N2O5S3. The highest BCUT2D eigenvalue weighted by Crippen LogP contribution is 2.34. The molecule has 0 radical (unpaired) electrons. The Bertz CT molecular complexity index is 985. The van der Waals surface area contributed by atoms with Crippen LogP contribution in [0.5, 0.6) is 5.75 Å². The third-order valence-electron chi connectivity index (χ3n) is 4.14. The number of sulfone groups is 1. The van der Waals surface area contributed by atoms with Gasteiger partial charge in [0.1, 0.15) is 10.1 Å². The molecule has 2 aliphatic rings. The highest BCUT2D eigenvalue weighted by atomic mass is 32.2. The van der Waals surface area contributed by atoms with Crippen LogP contribution in [-0.2, 0) is 19.4 Å². The largest absolute Gasteiger partial charge is 0.496 e. The summed E-state index contributed by atoms with van der Waals surface area (Å²) in [6.07, 6.45) is 3.19. The average molecular weight is 439 g/mol. The van der Waals surface area contributed by atoms with Crippen LogP contribution < -0.4 is 10.1 Å². The number of nitrogens with one attached hydrogen (secondary N) is 1. The summed E-state index contributed by atoms with van der Waals surface area (Å²) >= 11 is 6.44. The van der Waals surface area contributed by atoms with Gasteiger partial charge in [-0.15, -0.1) is 0 Å². The summed E-state index contributed by atoms with van der Waals surface area (Å²) in [4.78, 5) is 26.6. The van der Waals surface area contributed by atoms with Gasteiger partial charge in [-0.2, -0.15) is 0 Å². The van der Waals surface area contributed by atoms with Gasteiger partial charge >= 0.3 is 0 Å². The van der Waals surface area contributed by atoms with Gasteiger partial charge < -0.3 is 10.1 Å². The first-order chi connectivity index (χ1) is 13.3. The zero-order valence-corrected chi connectivity index (χ0v) is 17.4. The number of carbonyl (C=O) groups is 2. The van der Waals surface area contributed by atoms with Gasteiger partial charge in [0.25, 0.3) is 5.91 Å². The maximum atomic E-state index is 12.6. The average Bonchev–Trinajstić information content (AvgIpc) is 3.12. The fourth-order valence-corrected chi connectivity index (χ4v) is 5.31. The smallest absolute Gasteiger partial charge is 0.266 e. The number of carbonyl (C=O) groups excluding carboxylic acids is 2. The fraction of sp³-hybridized carbons (Fsp3) is 0.278. The molecule has 0 unspecified atom stereocenters. The molecule has 2 heterocycles. The summed E-state index contributed by atoms with van der Waals surface area (Å²) in [6.45, 7) is 0.128. The minimum atomic E-state index is -3.23. The van der Waals surface area contributed by atoms with E-state index in [1.165, 1.54) is 22.7 Å². The first-order valence-electron chi connectivity index (χ1n) is 8.38. The fourth-order valence-electron chi connectivity index (χ4n) is 2.78. The van der Waals surface area contributed by atoms with E-state index < -0.39 is 15.9 Å². The number of para-hydroxylation sites is 1. The Hall–Kier alpha value is -2.17. The topological polar surface area (TPSA) is 92.8 Å². The van der Waals surface area contributed by atoms with Gasteiger partial charge in [-0.25, -0.2) is 8.42 Å². The van der Waals surface area contributed by atoms with E-state index in [0.717, 1.165) is 11.0 Å². The standard InChI is InChI=1S/C18H18N2O5S3/c1-25-14-5-3-2-4-12(14)10-15-17(22)20(18(26)27-15)8-6-16(21)19-13-7-9-28(23,24)11-13/h2-5,7,9-10,13H,6,8,11H2,1H3,(H,19,21)/b15-10-/t13-/m1/s1. The van der Waals surface area contributed by atoms with Crippen molar-refractivity contribution in [2.45, 2.75) is 12.5 Å². The normalized spacial score (nSPS) is 22.1. The quantitative estimate of drug-likeness (QED) is 0.534. The van der Waals surface area contributed by atoms with Crippen molar-refractivity contribution in [1.82, 2.24) is 10.2 Å². The highest BCUT2D eigenvalue weighted by molar-refractivity contribution is 8.26. The lowest BCUT2D eigenvalue weighted by Crippen LogP contribution is -2.38. The minimum absolute atomic E-state index is 0.0266. The van der Waals surface area contributed by atoms with Gasteiger partial charge in [0.15, 0.2) is 9.84 Å². The lowest BCUT2D eigenvalue weighted by molar-refractivity contribution is -0.124. The second-order valence-corrected chi connectivity index (χ2v) is 9.76. The molecule has 1 saturated heterocycles. The molecule has 10 heteroatoms. The molecule has 0 aromatic heterocycles. The lowest BCUT2D eigenvalue weighted by Gasteiger charge is -2.15. The van der Waals surface area contributed by atoms with Gasteiger partial charge in [0.2, 0.25) is 5.91 Å². The second-order valence-electron chi connectivity index (χ2n) is 6.16. The maximum absolute atomic E-state index is 12.6. The number of ether oxygens (including phenoxy) is 1. The molecule has 2 amide bonds. The number of thiocarbonyl (C=S) groups is 1. The molecule has 28 heavy (non-hydrogen) atoms. The Balaban J connectivity index is 1.60. The van der Waals surface area contributed by atoms with Crippen LogP contribution in [0.25, 0.3) is 6.08 Å². The third kappa shape index (κ3) is 4.81. The van der Waals surface area contributed by atoms with E-state index in [0.29, 0.717) is 15.0 Å². The molecule has 1 aromatic carbocycles. The van der Waals surface area contributed by atoms with Crippen LogP contribution in [0.15, 0.2) is 40.7 Å². The summed E-state index contributed by atoms with van der Waals surface area (Å²) in [6, 6.07) is 6.78. The number of rotatable bonds is 6. The van der Waals surface area contributed by atoms with Crippen LogP contribution in [0, 0.1) is 0 Å². The monoisotopic (exact) mass is 438 g/mol. The summed E-state index contributed by atoms with van der Waals surface area (Å²) in [5.74, 6) is -0.0974. The van der Waals surface area contributed by atoms with Gasteiger partial charge in [-0.05, 0) is 18.2 Å². The van der Waals surface area contributed by atoms with Crippen LogP contribution in [0.2, 0.25) is 0 Å². The number of hydrogen-bond acceptors (Lipinski definition) is 7. The van der Waals surface area contributed by atoms with Crippen molar-refractivity contribution in [1.29, 1.82) is 0 Å². The summed E-state index contributed by atoms with van der Waals surface area (Å²) < 4.78 is 28.4. The molecule has 3 rings (SSSR count). The van der Waals surface area contributed by atoms with Crippen LogP contribution in [0.3, 0.4) is 0 Å². The Morgan fingerprint density at radius 2 is 2.18 bits per heavy atom. The number of benzene rings is 1. The molecule has 1 atom stereocenters. The molecule has 7 nitrogen and oxygen atoms in total. The van der Waals surface area contributed by atoms with Crippen LogP contribution >= 0.6 is 24.0 Å². The van der Waals surface area contributed by atoms with E-state index in [1.54, 1.807) is 19.3 Å². The molecule has 2 aliphatic heterocycles. The van der Waals surface area contributed by atoms with Crippen molar-refractivity contribution in [3.8, 4) is 5.75 Å². The molecule has 0 spiro atoms. The van der Waals surface area contributed by atoms with Gasteiger partial charge in [0.05, 0.1) is 23.8 Å². The summed E-state index contributed by atoms with van der Waals surface area (Å²) in [7, 11) is -1.68. The van der Waals surface area contributed by atoms with Crippen LogP contribution in [0.4, 0.5) is 0 Å². The van der Waals surface area contributed by atoms with Crippen LogP contribution in [0.1, 0.15) is 12.0 Å². The Kier molecular flexibility index (Phi) is 6.21. The Morgan fingerprint density at radius 1 is 1.43 bits per heavy atom. The number of nitrogens with zero attached hydrogens (tertiary/aromatic N) is 1. The molecule has 1 fully saturated rings. The molecule has 1 aromatic rings. The first kappa shape index (κ1) is 20.6. The maximum Gasteiger partial charge on any atom is 0.266 e. The van der Waals surface area contributed by atoms with Crippen molar-refractivity contribution >= 4 is 56.0 Å². The molecule has 0 aliphatic carbocycles. The summed E-state index contributed by atoms with van der Waals surface area (Å²) in [5.41, 5.74) is 0.762. The second kappa shape index (κ2) is 8.46. The lowest BCUT2D eigenvalue weighted by atomic mass is 10.2. The van der Waals surface area contributed by atoms with Gasteiger partial charge in [0, 0.05) is 23.9 Å². The zero-order valence-electron chi connectivity index (χ0n) is 15.0. The SMILES string of the molecule is COc1ccccc1/C=C1\SC(=S)N(CCC(=O)N[C@@H]2C=CS(=O)(=O)C2)C1=O. The Labute approximate surface area is 172 Å². The third-order valence-corrected chi connectivity index (χ3v) is 6.91. The van der Waals surface area contributed by atoms with Crippen LogP contribution in [-0.4, -0.2) is 54.9 Å². The predicted molar refractivity (Wildman–Crippen MR) is 112 cm³/mol. The van der Waals surface area contributed by atoms with E-state index in [-0.39, 0.29) is 30.5 Å². The minimum Gasteiger partial charge on any atom is -0.496 e. The Morgan fingerprint density at radius 3 is 2.86 bits per heavy atom. The number of hydrogen-bond donors (Lipinski definition) is 1. The van der Waals surface area contributed by atoms with Crippen molar-refractivity contribution in [2.75, 3.05) is 19.4 Å². The molecule has 0 bridgehead atoms. The first-order valence-corrected chi connectivity index (χ1v) is 11.3. The number of amides is 2. The molecule has 1 N–H and O–H groups in total. The van der Waals surface area contributed by atoms with E-state index in [2.05, 4.69) is 5.32 Å². The van der Waals surface area contributed by atoms with Gasteiger partial charge in [-0.3, -0.25) is 14.5 Å². The molecule has 0 saturated carbocycles. The van der Waals surface area contributed by atoms with Crippen molar-refractivity contribution < 1.29 is 22.7 Å². The van der Waals surface area contributed by atoms with Gasteiger partial charge in [-0.1, -0.05) is 42.2 Å². The van der Waals surface area contributed by atoms with Crippen molar-refractivity contribution in [3.05, 3.63) is 46.2 Å². The zero-order chi connectivity index (χ0) is 20.3. The van der Waals surface area contributed by atoms with E-state index >= 15 is 0 Å². The van der Waals surface area contributed by atoms with E-state index in [9.17, 15) is 18.0 Å². The molecule has 148 valence electrons. The predicted octanol–water partition coefficient (Wildman–Crippen LogP) is 1.71. The molecular weight excluding hydrogens is 420 g/mol. The number of methoxy groups -OCH3 is 1. The van der Waals surface area contributed by atoms with Crippen molar-refractivity contribution in [2.24, 2.45) is 0 Å². The highest BCUT2D eigenvalue weighted by Gasteiger charge is 2.32. The van der Waals surface area contributed by atoms with E-state index in [1.807, 2.05) is 18.2 Å². The number of thioether (sulfide) groups is 1.